The van der Waals surface area contributed by atoms with Gasteiger partial charge in [-0.05, 0) is 133 Å². The summed E-state index contributed by atoms with van der Waals surface area (Å²) in [5.41, 5.74) is 8.72. The molecule has 0 aliphatic carbocycles. The number of aliphatic hydroxyl groups excluding tert-OH is 6. The SMILES string of the molecule is Cc1ccc(C(=O)Nc2cccc(CN[C@]3(C)C[C@@H](O[C@@H]4[C@@H](Oc5c6cc7cc5Oc5ccc(cc5Cl)[C@@H](O)[C@@H](N)C(=O)N[C@@H](CC(N)=O)C(=O)N[C@H]7C(=O)N[C@H]5C(=O)N[C@H](C(=O)N[C@H](C(=O)O)c7cc(O)cc(O)c7-c7cc5ccc7O)[C@H](O)c5ccc(c(Cl)c5)O6)O[C@@H](CO)[C@H](O)[C@H]4O)O[C@H](C)[C@@H]3O)c2)c([N+](=O)[O-])c1OCc1ccccc1. The summed E-state index contributed by atoms with van der Waals surface area (Å²) >= 11 is 14.1. The third-order valence-corrected chi connectivity index (χ3v) is 21.6. The van der Waals surface area contributed by atoms with Gasteiger partial charge in [-0.3, -0.25) is 43.7 Å². The Kier molecular flexibility index (Phi) is 25.2. The number of carboxylic acids is 1. The monoisotopic (exact) mass is 1690 g/mol. The van der Waals surface area contributed by atoms with E-state index in [1.165, 1.54) is 31.2 Å². The van der Waals surface area contributed by atoms with Gasteiger partial charge in [0.25, 0.3) is 5.91 Å². The van der Waals surface area contributed by atoms with E-state index in [0.29, 0.717) is 11.1 Å². The fraction of sp³-hybridized carbons (Fsp3) is 0.309. The summed E-state index contributed by atoms with van der Waals surface area (Å²) in [7, 11) is 0. The number of primary amides is 1. The highest BCUT2D eigenvalue weighted by Gasteiger charge is 2.52. The number of aliphatic carboxylic acids is 1. The molecule has 15 rings (SSSR count). The summed E-state index contributed by atoms with van der Waals surface area (Å²) in [6.45, 7) is 3.65. The number of aliphatic hydroxyl groups is 6. The standard InChI is InChI=1S/C81H80Cl2N10O27/c1-33-12-16-43(64(93(112)113)69(33)114-32-35-8-5-4-6-9-35)73(104)87-41-11-7-10-36(20-41)30-86-81(3)29-57(115-34(2)72(81)103)119-71-68(102)67(101)55(31-94)118-80(71)120-70-53-24-40-25-54(70)117-52-19-15-39(23-47(52)83)66(100)63-78(109)91-62(79(110)111)45-26-42(95)27-50(97)58(45)44-21-37(13-17-49(44)96)60(76(107)92-63)90-77(108)61(40)89-74(105)48(28-56(84)98)88-75(106)59(85)65(99)38-14-18-51(116-53)46(82)22-38/h4-27,34,48,55,57,59-63,65-68,71-72,80,86,94-97,99-103H,28-32,85H2,1-3H3,(H2,84,98)(H,87,104)(H,88,106)(H,89,105)(H,90,108)(H,91,109)(H,92,107)(H,110,111)/t34-,48+,55+,57-,59-,60-,61-,62+,63+,65-,66-,67+,68-,71+,72+,80-,81-/m1/s1. The van der Waals surface area contributed by atoms with Gasteiger partial charge < -0.3 is 133 Å². The van der Waals surface area contributed by atoms with Gasteiger partial charge in [0.1, 0.15) is 102 Å². The molecule has 0 spiro atoms. The lowest BCUT2D eigenvalue weighted by Gasteiger charge is -2.48. The molecule has 0 unspecified atom stereocenters. The highest BCUT2D eigenvalue weighted by Crippen LogP contribution is 2.50. The number of hydrogen-bond acceptors (Lipinski definition) is 28. The van der Waals surface area contributed by atoms with E-state index in [1.54, 1.807) is 68.4 Å². The minimum absolute atomic E-state index is 0.0248. The fourth-order valence-electron chi connectivity index (χ4n) is 14.6. The first-order valence-electron chi connectivity index (χ1n) is 37.1. The number of benzene rings is 8. The molecule has 17 atom stereocenters. The van der Waals surface area contributed by atoms with Crippen molar-refractivity contribution >= 4 is 81.9 Å². The van der Waals surface area contributed by atoms with Crippen LogP contribution in [0.25, 0.3) is 11.1 Å². The van der Waals surface area contributed by atoms with Crippen molar-refractivity contribution in [2.45, 2.75) is 150 Å². The lowest BCUT2D eigenvalue weighted by molar-refractivity contribution is -0.386. The Bertz CT molecular complexity index is 5380. The summed E-state index contributed by atoms with van der Waals surface area (Å²) in [5, 5.41) is 145. The smallest absolute Gasteiger partial charge is 0.330 e. The number of aryl methyl sites for hydroxylation is 1. The third kappa shape index (κ3) is 18.0. The number of carbonyl (C=O) groups excluding carboxylic acids is 7. The van der Waals surface area contributed by atoms with Gasteiger partial charge in [-0.2, -0.15) is 0 Å². The first-order valence-corrected chi connectivity index (χ1v) is 37.9. The largest absolute Gasteiger partial charge is 0.508 e. The molecule has 7 amide bonds. The Labute approximate surface area is 690 Å². The van der Waals surface area contributed by atoms with Gasteiger partial charge in [-0.1, -0.05) is 89.9 Å². The second-order valence-electron chi connectivity index (χ2n) is 29.3. The number of aromatic hydroxyl groups is 3. The zero-order valence-electron chi connectivity index (χ0n) is 63.4. The van der Waals surface area contributed by atoms with Crippen LogP contribution < -0.4 is 67.6 Å². The Hall–Kier alpha value is -12.3. The number of nitro benzene ring substituents is 1. The lowest BCUT2D eigenvalue weighted by Crippen LogP contribution is -2.65. The molecule has 39 heteroatoms. The van der Waals surface area contributed by atoms with E-state index in [-0.39, 0.29) is 64.0 Å². The van der Waals surface area contributed by atoms with Gasteiger partial charge in [0.2, 0.25) is 53.2 Å². The van der Waals surface area contributed by atoms with Crippen LogP contribution in [0, 0.1) is 17.0 Å². The second kappa shape index (κ2) is 35.3. The Balaban J connectivity index is 0.904. The Morgan fingerprint density at radius 1 is 0.675 bits per heavy atom. The number of nitro groups is 1. The highest BCUT2D eigenvalue weighted by molar-refractivity contribution is 6.32. The van der Waals surface area contributed by atoms with E-state index in [2.05, 4.69) is 37.2 Å². The number of phenolic OH excluding ortho intramolecular Hbond substituents is 3. The van der Waals surface area contributed by atoms with Crippen LogP contribution in [-0.4, -0.2) is 183 Å². The normalized spacial score (nSPS) is 26.2. The molecule has 0 saturated carbocycles. The molecule has 2 saturated heterocycles. The maximum absolute atomic E-state index is 16.0. The van der Waals surface area contributed by atoms with Crippen molar-refractivity contribution in [1.82, 2.24) is 31.9 Å². The molecular weight excluding hydrogens is 1620 g/mol. The number of nitrogens with two attached hydrogens (primary N) is 2. The van der Waals surface area contributed by atoms with E-state index in [0.717, 1.165) is 72.3 Å². The van der Waals surface area contributed by atoms with E-state index in [1.807, 2.05) is 0 Å². The van der Waals surface area contributed by atoms with Crippen LogP contribution in [0.4, 0.5) is 11.4 Å². The first kappa shape index (κ1) is 85.5. The molecule has 21 N–H and O–H groups in total. The average Bonchev–Trinajstić information content (AvgIpc) is 0.763. The van der Waals surface area contributed by atoms with Crippen molar-refractivity contribution in [2.75, 3.05) is 11.9 Å². The van der Waals surface area contributed by atoms with Crippen molar-refractivity contribution in [3.05, 3.63) is 216 Å². The zero-order valence-corrected chi connectivity index (χ0v) is 64.9. The van der Waals surface area contributed by atoms with E-state index < -0.39 is 242 Å². The van der Waals surface area contributed by atoms with Crippen LogP contribution >= 0.6 is 23.2 Å². The van der Waals surface area contributed by atoms with Crippen molar-refractivity contribution in [3.8, 4) is 62.9 Å². The van der Waals surface area contributed by atoms with E-state index in [9.17, 15) is 85.2 Å². The van der Waals surface area contributed by atoms with E-state index in [4.69, 9.17) is 67.8 Å². The van der Waals surface area contributed by atoms with E-state index >= 15 is 14.4 Å². The van der Waals surface area contributed by atoms with Crippen molar-refractivity contribution in [2.24, 2.45) is 11.5 Å². The van der Waals surface area contributed by atoms with Crippen LogP contribution in [0.3, 0.4) is 0 Å². The molecule has 630 valence electrons. The maximum atomic E-state index is 16.0. The van der Waals surface area contributed by atoms with Crippen molar-refractivity contribution in [3.63, 3.8) is 0 Å². The average molecular weight is 1700 g/mol. The number of nitrogens with zero attached hydrogens (tertiary/aromatic N) is 1. The van der Waals surface area contributed by atoms with Crippen LogP contribution in [-0.2, 0) is 60.9 Å². The molecule has 0 aromatic heterocycles. The van der Waals surface area contributed by atoms with Gasteiger partial charge in [0.05, 0.1) is 40.2 Å². The van der Waals surface area contributed by atoms with Crippen LogP contribution in [0.2, 0.25) is 10.0 Å². The van der Waals surface area contributed by atoms with Gasteiger partial charge >= 0.3 is 11.7 Å². The van der Waals surface area contributed by atoms with Crippen LogP contribution in [0.15, 0.2) is 146 Å². The Morgan fingerprint density at radius 2 is 1.32 bits per heavy atom. The molecule has 7 heterocycles. The number of carbonyl (C=O) groups is 8. The fourth-order valence-corrected chi connectivity index (χ4v) is 15.1. The summed E-state index contributed by atoms with van der Waals surface area (Å²) < 4.78 is 45.1. The van der Waals surface area contributed by atoms with Crippen molar-refractivity contribution in [1.29, 1.82) is 0 Å². The quantitative estimate of drug-likeness (QED) is 0.0449. The molecule has 7 aliphatic heterocycles. The number of rotatable bonds is 17. The third-order valence-electron chi connectivity index (χ3n) is 21.0. The Morgan fingerprint density at radius 3 is 1.97 bits per heavy atom. The topological polar surface area (TPSA) is 583 Å². The minimum Gasteiger partial charge on any atom is -0.508 e. The predicted octanol–water partition coefficient (Wildman–Crippen LogP) is 4.19. The molecule has 120 heavy (non-hydrogen) atoms. The number of phenols is 3. The number of hydrogen-bond donors (Lipinski definition) is 19. The molecule has 8 aromatic rings. The summed E-state index contributed by atoms with van der Waals surface area (Å²) in [6, 6.07) is 18.5. The second-order valence-corrected chi connectivity index (χ2v) is 30.2. The number of amides is 7. The van der Waals surface area contributed by atoms with Gasteiger partial charge in [-0.25, -0.2) is 4.79 Å². The number of ether oxygens (including phenoxy) is 7. The zero-order chi connectivity index (χ0) is 86.2. The number of anilines is 1. The molecule has 0 radical (unpaired) electrons. The maximum Gasteiger partial charge on any atom is 0.330 e. The first-order chi connectivity index (χ1) is 57.1. The molecule has 7 aliphatic rings. The molecule has 8 aromatic carbocycles. The van der Waals surface area contributed by atoms with Crippen molar-refractivity contribution < 1.29 is 128 Å². The van der Waals surface area contributed by atoms with Crippen LogP contribution in [0.1, 0.15) is 112 Å². The minimum atomic E-state index is -2.35. The molecular formula is C81H80Cl2N10O27. The predicted molar refractivity (Wildman–Crippen MR) is 419 cm³/mol. The molecule has 37 nitrogen and oxygen atoms in total. The summed E-state index contributed by atoms with van der Waals surface area (Å²) in [6.07, 6.45) is -19.5. The van der Waals surface area contributed by atoms with Gasteiger partial charge in [-0.15, -0.1) is 0 Å². The van der Waals surface area contributed by atoms with Gasteiger partial charge in [0.15, 0.2) is 29.9 Å². The summed E-state index contributed by atoms with van der Waals surface area (Å²) in [5.74, 6) is -16.1. The number of nitrogens with one attached hydrogen (secondary N) is 7. The summed E-state index contributed by atoms with van der Waals surface area (Å²) in [4.78, 5) is 128. The number of fused-ring (bicyclic) bond motifs is 15. The van der Waals surface area contributed by atoms with Crippen LogP contribution in [0.5, 0.6) is 51.7 Å². The molecule has 2 fully saturated rings. The van der Waals surface area contributed by atoms with Gasteiger partial charge in [0, 0.05) is 46.9 Å². The highest BCUT2D eigenvalue weighted by atomic mass is 35.5. The lowest BCUT2D eigenvalue weighted by atomic mass is 9.84. The number of halogens is 2. The molecule has 11 bridgehead atoms. The number of carboxylic acid groups (broad SMARTS) is 1.